The minimum Gasteiger partial charge on any atom is -0.395 e. The fraction of sp³-hybridized carbons (Fsp3) is 0.167. The normalized spacial score (nSPS) is 9.53. The van der Waals surface area contributed by atoms with Gasteiger partial charge in [0.2, 0.25) is 5.13 Å². The lowest BCUT2D eigenvalue weighted by molar-refractivity contribution is 0.102. The van der Waals surface area contributed by atoms with Crippen molar-refractivity contribution in [2.75, 3.05) is 11.9 Å². The highest BCUT2D eigenvalue weighted by atomic mass is 32.1. The first-order valence-corrected chi connectivity index (χ1v) is 6.23. The zero-order valence-corrected chi connectivity index (χ0v) is 10.6. The van der Waals surface area contributed by atoms with E-state index in [0.29, 0.717) is 17.1 Å². The number of aliphatic hydroxyl groups excluding tert-OH is 1. The second-order valence-electron chi connectivity index (χ2n) is 3.47. The van der Waals surface area contributed by atoms with Crippen molar-refractivity contribution in [2.45, 2.75) is 6.42 Å². The van der Waals surface area contributed by atoms with Crippen molar-refractivity contribution >= 4 is 22.6 Å². The maximum Gasteiger partial charge on any atom is 0.257 e. The van der Waals surface area contributed by atoms with Gasteiger partial charge < -0.3 is 5.11 Å². The minimum absolute atomic E-state index is 0.0450. The number of carbonyl (C=O) groups is 1. The number of amides is 1. The second-order valence-corrected chi connectivity index (χ2v) is 4.21. The number of carbonyl (C=O) groups excluding carboxylic acids is 1. The molecular formula is C12H10N4O2S. The number of nitrogens with one attached hydrogen (secondary N) is 1. The van der Waals surface area contributed by atoms with Gasteiger partial charge in [-0.15, -0.1) is 0 Å². The molecule has 2 aromatic rings. The molecule has 2 rings (SSSR count). The van der Waals surface area contributed by atoms with E-state index in [0.717, 1.165) is 17.1 Å². The molecule has 0 aliphatic heterocycles. The van der Waals surface area contributed by atoms with Crippen LogP contribution in [0.1, 0.15) is 22.3 Å². The van der Waals surface area contributed by atoms with Crippen LogP contribution in [0.3, 0.4) is 0 Å². The highest BCUT2D eigenvalue weighted by molar-refractivity contribution is 7.09. The molecule has 96 valence electrons. The number of nitrogens with zero attached hydrogens (tertiary/aromatic N) is 3. The second kappa shape index (κ2) is 6.58. The van der Waals surface area contributed by atoms with Crippen LogP contribution < -0.4 is 5.32 Å². The molecular weight excluding hydrogens is 264 g/mol. The summed E-state index contributed by atoms with van der Waals surface area (Å²) in [7, 11) is 0. The molecule has 0 saturated heterocycles. The number of hydrogen-bond acceptors (Lipinski definition) is 6. The summed E-state index contributed by atoms with van der Waals surface area (Å²) >= 11 is 1.01. The van der Waals surface area contributed by atoms with Crippen molar-refractivity contribution in [2.24, 2.45) is 0 Å². The number of anilines is 1. The number of aliphatic hydroxyl groups is 1. The molecule has 0 bridgehead atoms. The summed E-state index contributed by atoms with van der Waals surface area (Å²) in [5.41, 5.74) is 1.30. The van der Waals surface area contributed by atoms with Crippen LogP contribution in [-0.2, 0) is 0 Å². The number of aromatic nitrogens is 3. The molecule has 19 heavy (non-hydrogen) atoms. The van der Waals surface area contributed by atoms with Gasteiger partial charge in [0.15, 0.2) is 0 Å². The van der Waals surface area contributed by atoms with Gasteiger partial charge in [-0.3, -0.25) is 10.1 Å². The van der Waals surface area contributed by atoms with Gasteiger partial charge in [-0.1, -0.05) is 21.4 Å². The largest absolute Gasteiger partial charge is 0.395 e. The highest BCUT2D eigenvalue weighted by Crippen LogP contribution is 2.09. The molecule has 0 saturated carbocycles. The Labute approximate surface area is 113 Å². The molecule has 0 atom stereocenters. The van der Waals surface area contributed by atoms with Gasteiger partial charge in [-0.2, -0.15) is 0 Å². The van der Waals surface area contributed by atoms with Crippen molar-refractivity contribution in [3.63, 3.8) is 0 Å². The van der Waals surface area contributed by atoms with E-state index in [1.807, 2.05) is 0 Å². The summed E-state index contributed by atoms with van der Waals surface area (Å²) in [5, 5.41) is 18.6. The molecule has 7 heteroatoms. The Kier molecular flexibility index (Phi) is 4.55. The molecule has 6 nitrogen and oxygen atoms in total. The van der Waals surface area contributed by atoms with Crippen molar-refractivity contribution in [1.82, 2.24) is 14.8 Å². The van der Waals surface area contributed by atoms with Crippen LogP contribution in [0.4, 0.5) is 5.13 Å². The van der Waals surface area contributed by atoms with E-state index < -0.39 is 0 Å². The SMILES string of the molecule is O=C(Nc1nnns1)c1ccc(C#CCCO)cc1. The molecule has 1 amide bonds. The summed E-state index contributed by atoms with van der Waals surface area (Å²) in [4.78, 5) is 11.8. The Morgan fingerprint density at radius 3 is 2.79 bits per heavy atom. The van der Waals surface area contributed by atoms with Crippen molar-refractivity contribution in [3.05, 3.63) is 35.4 Å². The van der Waals surface area contributed by atoms with Gasteiger partial charge in [0.05, 0.1) is 6.61 Å². The predicted molar refractivity (Wildman–Crippen MR) is 70.7 cm³/mol. The number of benzene rings is 1. The van der Waals surface area contributed by atoms with Gasteiger partial charge in [0.1, 0.15) is 0 Å². The first-order chi connectivity index (χ1) is 9.29. The van der Waals surface area contributed by atoms with E-state index in [9.17, 15) is 4.79 Å². The lowest BCUT2D eigenvalue weighted by Crippen LogP contribution is -2.11. The van der Waals surface area contributed by atoms with Crippen LogP contribution in [-0.4, -0.2) is 32.4 Å². The van der Waals surface area contributed by atoms with Crippen LogP contribution in [0.5, 0.6) is 0 Å². The Bertz CT molecular complexity index is 599. The fourth-order valence-electron chi connectivity index (χ4n) is 1.28. The number of rotatable bonds is 3. The van der Waals surface area contributed by atoms with E-state index in [2.05, 4.69) is 32.0 Å². The molecule has 1 aromatic carbocycles. The summed E-state index contributed by atoms with van der Waals surface area (Å²) < 4.78 is 3.55. The minimum atomic E-state index is -0.270. The average Bonchev–Trinajstić information content (AvgIpc) is 2.93. The average molecular weight is 274 g/mol. The van der Waals surface area contributed by atoms with Crippen LogP contribution in [0, 0.1) is 11.8 Å². The zero-order valence-electron chi connectivity index (χ0n) is 9.83. The van der Waals surface area contributed by atoms with Crippen LogP contribution in [0.15, 0.2) is 24.3 Å². The lowest BCUT2D eigenvalue weighted by atomic mass is 10.1. The van der Waals surface area contributed by atoms with Gasteiger partial charge in [0, 0.05) is 29.1 Å². The summed E-state index contributed by atoms with van der Waals surface area (Å²) in [6.07, 6.45) is 0.437. The smallest absolute Gasteiger partial charge is 0.257 e. The first kappa shape index (κ1) is 13.1. The van der Waals surface area contributed by atoms with E-state index in [-0.39, 0.29) is 12.5 Å². The van der Waals surface area contributed by atoms with E-state index in [4.69, 9.17) is 5.11 Å². The maximum absolute atomic E-state index is 11.8. The zero-order chi connectivity index (χ0) is 13.5. The van der Waals surface area contributed by atoms with Gasteiger partial charge >= 0.3 is 0 Å². The highest BCUT2D eigenvalue weighted by Gasteiger charge is 2.07. The predicted octanol–water partition coefficient (Wildman–Crippen LogP) is 0.919. The van der Waals surface area contributed by atoms with E-state index in [1.165, 1.54) is 0 Å². The standard InChI is InChI=1S/C12H10N4O2S/c17-8-2-1-3-9-4-6-10(7-5-9)11(18)13-12-14-15-16-19-12/h4-7,17H,2,8H2,(H,13,14,16,18). The molecule has 0 fully saturated rings. The summed E-state index contributed by atoms with van der Waals surface area (Å²) in [5.74, 6) is 5.43. The fourth-order valence-corrected chi connectivity index (χ4v) is 1.64. The molecule has 1 heterocycles. The third-order valence-electron chi connectivity index (χ3n) is 2.14. The molecule has 0 spiro atoms. The van der Waals surface area contributed by atoms with E-state index in [1.54, 1.807) is 24.3 Å². The molecule has 2 N–H and O–H groups in total. The molecule has 0 unspecified atom stereocenters. The van der Waals surface area contributed by atoms with Gasteiger partial charge in [-0.25, -0.2) is 0 Å². The van der Waals surface area contributed by atoms with Crippen molar-refractivity contribution in [1.29, 1.82) is 0 Å². The molecule has 0 aliphatic rings. The summed E-state index contributed by atoms with van der Waals surface area (Å²) in [6, 6.07) is 6.84. The van der Waals surface area contributed by atoms with Crippen LogP contribution in [0.2, 0.25) is 0 Å². The molecule has 0 aliphatic carbocycles. The Morgan fingerprint density at radius 2 is 2.16 bits per heavy atom. The van der Waals surface area contributed by atoms with Crippen LogP contribution >= 0.6 is 11.5 Å². The van der Waals surface area contributed by atoms with Crippen LogP contribution in [0.25, 0.3) is 0 Å². The van der Waals surface area contributed by atoms with Gasteiger partial charge in [0.25, 0.3) is 5.91 Å². The molecule has 0 radical (unpaired) electrons. The Balaban J connectivity index is 2.02. The molecule has 1 aromatic heterocycles. The third-order valence-corrected chi connectivity index (χ3v) is 2.65. The van der Waals surface area contributed by atoms with Gasteiger partial charge in [-0.05, 0) is 29.5 Å². The third kappa shape index (κ3) is 3.84. The topological polar surface area (TPSA) is 88.0 Å². The lowest BCUT2D eigenvalue weighted by Gasteiger charge is -2.00. The number of hydrogen-bond donors (Lipinski definition) is 2. The monoisotopic (exact) mass is 274 g/mol. The Hall–Kier alpha value is -2.30. The first-order valence-electron chi connectivity index (χ1n) is 5.46. The van der Waals surface area contributed by atoms with Crippen molar-refractivity contribution < 1.29 is 9.90 Å². The maximum atomic E-state index is 11.8. The van der Waals surface area contributed by atoms with E-state index >= 15 is 0 Å². The summed E-state index contributed by atoms with van der Waals surface area (Å²) in [6.45, 7) is 0.0450. The van der Waals surface area contributed by atoms with Crippen molar-refractivity contribution in [3.8, 4) is 11.8 Å². The quantitative estimate of drug-likeness (QED) is 0.813. The Morgan fingerprint density at radius 1 is 1.37 bits per heavy atom.